The highest BCUT2D eigenvalue weighted by Crippen LogP contribution is 2.47. The van der Waals surface area contributed by atoms with E-state index in [0.29, 0.717) is 18.5 Å². The Morgan fingerprint density at radius 3 is 2.52 bits per heavy atom. The van der Waals surface area contributed by atoms with Crippen LogP contribution < -0.4 is 5.73 Å². The highest BCUT2D eigenvalue weighted by molar-refractivity contribution is 5.99. The summed E-state index contributed by atoms with van der Waals surface area (Å²) in [6, 6.07) is 7.00. The van der Waals surface area contributed by atoms with E-state index >= 15 is 0 Å². The smallest absolute Gasteiger partial charge is 0.383 e. The van der Waals surface area contributed by atoms with Gasteiger partial charge in [0.15, 0.2) is 5.78 Å². The van der Waals surface area contributed by atoms with Crippen LogP contribution in [0.1, 0.15) is 36.3 Å². The van der Waals surface area contributed by atoms with Gasteiger partial charge < -0.3 is 5.73 Å². The summed E-state index contributed by atoms with van der Waals surface area (Å²) < 4.78 is 40.8. The minimum absolute atomic E-state index is 0.0469. The minimum Gasteiger partial charge on any atom is -0.383 e. The van der Waals surface area contributed by atoms with Gasteiger partial charge in [-0.25, -0.2) is 5.01 Å². The Labute approximate surface area is 155 Å². The average molecular weight is 376 g/mol. The van der Waals surface area contributed by atoms with Crippen molar-refractivity contribution in [3.8, 4) is 6.07 Å². The maximum atomic E-state index is 13.6. The van der Waals surface area contributed by atoms with E-state index in [1.165, 1.54) is 18.2 Å². The quantitative estimate of drug-likeness (QED) is 0.858. The molecule has 5 nitrogen and oxygen atoms in total. The number of benzene rings is 1. The van der Waals surface area contributed by atoms with E-state index in [2.05, 4.69) is 0 Å². The summed E-state index contributed by atoms with van der Waals surface area (Å²) in [5, 5.41) is 12.9. The van der Waals surface area contributed by atoms with Crippen LogP contribution in [-0.2, 0) is 11.0 Å². The number of hydrazine groups is 1. The molecule has 3 rings (SSSR count). The molecule has 0 radical (unpaired) electrons. The van der Waals surface area contributed by atoms with Crippen LogP contribution in [0.25, 0.3) is 0 Å². The van der Waals surface area contributed by atoms with Crippen molar-refractivity contribution in [1.29, 1.82) is 5.26 Å². The molecule has 142 valence electrons. The van der Waals surface area contributed by atoms with Gasteiger partial charge in [0.05, 0.1) is 23.1 Å². The minimum atomic E-state index is -4.61. The molecule has 0 aromatic heterocycles. The maximum Gasteiger partial charge on any atom is 0.416 e. The molecule has 1 aromatic rings. The number of ketones is 1. The fourth-order valence-corrected chi connectivity index (χ4v) is 3.84. The van der Waals surface area contributed by atoms with E-state index in [4.69, 9.17) is 5.73 Å². The molecule has 1 aromatic carbocycles. The molecule has 0 amide bonds. The lowest BCUT2D eigenvalue weighted by molar-refractivity contribution is -0.138. The van der Waals surface area contributed by atoms with Crippen LogP contribution in [0.5, 0.6) is 0 Å². The SMILES string of the molecule is CN(C)N1C(N)=C(C#N)[C@H](c2ccccc2C(F)(F)F)C2=C1CCCC2=O. The molecular weight excluding hydrogens is 357 g/mol. The van der Waals surface area contributed by atoms with Gasteiger partial charge in [-0.3, -0.25) is 9.80 Å². The topological polar surface area (TPSA) is 73.4 Å². The molecule has 0 fully saturated rings. The standard InChI is InChI=1S/C19H19F3N4O/c1-25(2)26-14-8-5-9-15(27)17(14)16(12(10-23)18(26)24)11-6-3-4-7-13(11)19(20,21)22/h3-4,6-7,16H,5,8-9,24H2,1-2H3/t16-/m0/s1. The van der Waals surface area contributed by atoms with E-state index in [0.717, 1.165) is 6.07 Å². The summed E-state index contributed by atoms with van der Waals surface area (Å²) in [5.74, 6) is -1.31. The molecular formula is C19H19F3N4O. The van der Waals surface area contributed by atoms with Gasteiger partial charge >= 0.3 is 6.18 Å². The third-order valence-electron chi connectivity index (χ3n) is 4.86. The average Bonchev–Trinajstić information content (AvgIpc) is 2.59. The Hall–Kier alpha value is -2.79. The van der Waals surface area contributed by atoms with Crippen LogP contribution in [0.3, 0.4) is 0 Å². The molecule has 2 N–H and O–H groups in total. The lowest BCUT2D eigenvalue weighted by atomic mass is 9.74. The predicted molar refractivity (Wildman–Crippen MR) is 92.4 cm³/mol. The largest absolute Gasteiger partial charge is 0.416 e. The van der Waals surface area contributed by atoms with Gasteiger partial charge in [-0.05, 0) is 24.5 Å². The fraction of sp³-hybridized carbons (Fsp3) is 0.368. The molecule has 1 aliphatic carbocycles. The molecule has 8 heteroatoms. The molecule has 1 heterocycles. The monoisotopic (exact) mass is 376 g/mol. The van der Waals surface area contributed by atoms with E-state index in [1.807, 2.05) is 6.07 Å². The van der Waals surface area contributed by atoms with Crippen LogP contribution in [0.4, 0.5) is 13.2 Å². The summed E-state index contributed by atoms with van der Waals surface area (Å²) in [6.45, 7) is 0. The Bertz CT molecular complexity index is 893. The Balaban J connectivity index is 2.33. The zero-order chi connectivity index (χ0) is 19.9. The number of hydrogen-bond acceptors (Lipinski definition) is 5. The molecule has 2 aliphatic rings. The summed E-state index contributed by atoms with van der Waals surface area (Å²) in [6.07, 6.45) is -3.28. The Morgan fingerprint density at radius 2 is 1.93 bits per heavy atom. The molecule has 0 unspecified atom stereocenters. The number of nitrogens with two attached hydrogens (primary N) is 1. The molecule has 27 heavy (non-hydrogen) atoms. The van der Waals surface area contributed by atoms with Crippen LogP contribution in [-0.4, -0.2) is 29.9 Å². The first-order valence-electron chi connectivity index (χ1n) is 8.48. The van der Waals surface area contributed by atoms with Crippen molar-refractivity contribution < 1.29 is 18.0 Å². The van der Waals surface area contributed by atoms with Gasteiger partial charge in [-0.2, -0.15) is 18.4 Å². The maximum absolute atomic E-state index is 13.6. The van der Waals surface area contributed by atoms with Crippen LogP contribution in [0, 0.1) is 11.3 Å². The Kier molecular flexibility index (Phi) is 4.74. The van der Waals surface area contributed by atoms with Gasteiger partial charge in [-0.15, -0.1) is 0 Å². The van der Waals surface area contributed by atoms with E-state index < -0.39 is 17.7 Å². The van der Waals surface area contributed by atoms with E-state index in [-0.39, 0.29) is 34.7 Å². The first kappa shape index (κ1) is 19.0. The number of rotatable bonds is 2. The van der Waals surface area contributed by atoms with Crippen molar-refractivity contribution in [2.24, 2.45) is 5.73 Å². The van der Waals surface area contributed by atoms with Crippen molar-refractivity contribution in [2.45, 2.75) is 31.4 Å². The van der Waals surface area contributed by atoms with Crippen molar-refractivity contribution >= 4 is 5.78 Å². The molecule has 0 saturated carbocycles. The summed E-state index contributed by atoms with van der Waals surface area (Å²) in [4.78, 5) is 12.8. The molecule has 1 aliphatic heterocycles. The number of halogens is 3. The van der Waals surface area contributed by atoms with Crippen LogP contribution in [0.2, 0.25) is 0 Å². The van der Waals surface area contributed by atoms with Gasteiger partial charge in [0.25, 0.3) is 0 Å². The van der Waals surface area contributed by atoms with Crippen molar-refractivity contribution in [3.05, 3.63) is 58.1 Å². The lowest BCUT2D eigenvalue weighted by Gasteiger charge is -2.42. The predicted octanol–water partition coefficient (Wildman–Crippen LogP) is 3.28. The summed E-state index contributed by atoms with van der Waals surface area (Å²) in [5.41, 5.74) is 5.96. The second-order valence-electron chi connectivity index (χ2n) is 6.72. The van der Waals surface area contributed by atoms with E-state index in [9.17, 15) is 23.2 Å². The number of carbonyl (C=O) groups is 1. The van der Waals surface area contributed by atoms with Gasteiger partial charge in [0.1, 0.15) is 5.82 Å². The fourth-order valence-electron chi connectivity index (χ4n) is 3.84. The van der Waals surface area contributed by atoms with Gasteiger partial charge in [0.2, 0.25) is 0 Å². The molecule has 0 saturated heterocycles. The highest BCUT2D eigenvalue weighted by atomic mass is 19.4. The number of nitrogens with zero attached hydrogens (tertiary/aromatic N) is 3. The third-order valence-corrected chi connectivity index (χ3v) is 4.86. The second kappa shape index (κ2) is 6.74. The zero-order valence-electron chi connectivity index (χ0n) is 15.0. The number of allylic oxidation sites excluding steroid dienone is 3. The summed E-state index contributed by atoms with van der Waals surface area (Å²) in [7, 11) is 3.41. The lowest BCUT2D eigenvalue weighted by Crippen LogP contribution is -2.45. The number of nitriles is 1. The zero-order valence-corrected chi connectivity index (χ0v) is 15.0. The van der Waals surface area contributed by atoms with Gasteiger partial charge in [-0.1, -0.05) is 18.2 Å². The Morgan fingerprint density at radius 1 is 1.26 bits per heavy atom. The number of alkyl halides is 3. The third kappa shape index (κ3) is 3.08. The van der Waals surface area contributed by atoms with Gasteiger partial charge in [0, 0.05) is 31.8 Å². The summed E-state index contributed by atoms with van der Waals surface area (Å²) >= 11 is 0. The highest BCUT2D eigenvalue weighted by Gasteiger charge is 2.44. The number of carbonyl (C=O) groups excluding carboxylic acids is 1. The number of Topliss-reactive ketones (excluding diaryl/α,β-unsaturated/α-hetero) is 1. The molecule has 1 atom stereocenters. The number of hydrogen-bond donors (Lipinski definition) is 1. The van der Waals surface area contributed by atoms with Crippen molar-refractivity contribution in [2.75, 3.05) is 14.1 Å². The van der Waals surface area contributed by atoms with Crippen molar-refractivity contribution in [3.63, 3.8) is 0 Å². The first-order chi connectivity index (χ1) is 12.7. The second-order valence-corrected chi connectivity index (χ2v) is 6.72. The normalized spacial score (nSPS) is 20.9. The van der Waals surface area contributed by atoms with E-state index in [1.54, 1.807) is 24.1 Å². The first-order valence-corrected chi connectivity index (χ1v) is 8.48. The van der Waals surface area contributed by atoms with Crippen LogP contribution in [0.15, 0.2) is 46.9 Å². The molecule has 0 bridgehead atoms. The molecule has 0 spiro atoms. The van der Waals surface area contributed by atoms with Crippen molar-refractivity contribution in [1.82, 2.24) is 10.0 Å². The van der Waals surface area contributed by atoms with Crippen LogP contribution >= 0.6 is 0 Å².